The number of nitrogens with zero attached hydrogens (tertiary/aromatic N) is 5. The van der Waals surface area contributed by atoms with Crippen LogP contribution in [-0.2, 0) is 17.9 Å². The van der Waals surface area contributed by atoms with Crippen molar-refractivity contribution in [2.75, 3.05) is 10.6 Å². The molecule has 0 fully saturated rings. The maximum Gasteiger partial charge on any atom is 0.345 e. The second-order valence-corrected chi connectivity index (χ2v) is 6.17. The zero-order valence-corrected chi connectivity index (χ0v) is 15.8. The normalized spacial score (nSPS) is 10.6. The summed E-state index contributed by atoms with van der Waals surface area (Å²) in [5, 5.41) is 24.5. The highest BCUT2D eigenvalue weighted by Gasteiger charge is 2.23. The summed E-state index contributed by atoms with van der Waals surface area (Å²) >= 11 is 0. The Bertz CT molecular complexity index is 1060. The third-order valence-corrected chi connectivity index (χ3v) is 3.97. The molecule has 2 heterocycles. The molecule has 150 valence electrons. The summed E-state index contributed by atoms with van der Waals surface area (Å²) in [7, 11) is 0. The smallest absolute Gasteiger partial charge is 0.345 e. The number of para-hydroxylation sites is 1. The summed E-state index contributed by atoms with van der Waals surface area (Å²) in [5.74, 6) is -1.34. The monoisotopic (exact) mass is 397 g/mol. The van der Waals surface area contributed by atoms with Crippen LogP contribution in [0, 0.1) is 17.0 Å². The van der Waals surface area contributed by atoms with Crippen molar-refractivity contribution in [3.63, 3.8) is 0 Å². The lowest BCUT2D eigenvalue weighted by molar-refractivity contribution is -0.392. The number of carbonyl (C=O) groups is 2. The number of nitrogens with one attached hydrogen (secondary N) is 2. The lowest BCUT2D eigenvalue weighted by Crippen LogP contribution is -2.22. The summed E-state index contributed by atoms with van der Waals surface area (Å²) in [6, 6.07) is 10.1. The number of aryl methyl sites for hydroxylation is 2. The van der Waals surface area contributed by atoms with E-state index in [2.05, 4.69) is 20.8 Å². The summed E-state index contributed by atoms with van der Waals surface area (Å²) in [4.78, 5) is 35.5. The number of anilines is 2. The van der Waals surface area contributed by atoms with Gasteiger partial charge < -0.3 is 20.7 Å². The van der Waals surface area contributed by atoms with Gasteiger partial charge in [0.2, 0.25) is 0 Å². The van der Waals surface area contributed by atoms with Gasteiger partial charge in [0.25, 0.3) is 11.8 Å². The van der Waals surface area contributed by atoms with Crippen molar-refractivity contribution in [3.8, 4) is 0 Å². The van der Waals surface area contributed by atoms with E-state index >= 15 is 0 Å². The highest BCUT2D eigenvalue weighted by Crippen LogP contribution is 2.18. The number of rotatable bonds is 7. The molecule has 2 amide bonds. The van der Waals surface area contributed by atoms with Gasteiger partial charge in [-0.05, 0) is 30.9 Å². The van der Waals surface area contributed by atoms with Crippen molar-refractivity contribution in [1.82, 2.24) is 19.6 Å². The Balaban J connectivity index is 1.78. The Morgan fingerprint density at radius 3 is 2.55 bits per heavy atom. The molecule has 11 nitrogen and oxygen atoms in total. The Kier molecular flexibility index (Phi) is 5.67. The van der Waals surface area contributed by atoms with E-state index in [0.717, 1.165) is 4.68 Å². The largest absolute Gasteiger partial charge is 0.358 e. The molecule has 0 aliphatic heterocycles. The number of benzene rings is 1. The molecule has 0 saturated carbocycles. The van der Waals surface area contributed by atoms with E-state index in [1.54, 1.807) is 31.2 Å². The second-order valence-electron chi connectivity index (χ2n) is 6.17. The van der Waals surface area contributed by atoms with Gasteiger partial charge in [0.05, 0.1) is 17.4 Å². The topological polar surface area (TPSA) is 137 Å². The Morgan fingerprint density at radius 1 is 1.17 bits per heavy atom. The first-order valence-corrected chi connectivity index (χ1v) is 8.80. The molecule has 11 heteroatoms. The van der Waals surface area contributed by atoms with Gasteiger partial charge >= 0.3 is 5.82 Å². The van der Waals surface area contributed by atoms with Crippen molar-refractivity contribution >= 4 is 29.0 Å². The van der Waals surface area contributed by atoms with Crippen molar-refractivity contribution < 1.29 is 14.5 Å². The number of hydrogen-bond donors (Lipinski definition) is 2. The maximum atomic E-state index is 12.6. The van der Waals surface area contributed by atoms with Crippen LogP contribution >= 0.6 is 0 Å². The molecule has 0 spiro atoms. The first-order valence-electron chi connectivity index (χ1n) is 8.80. The molecule has 3 aromatic rings. The lowest BCUT2D eigenvalue weighted by Gasteiger charge is -2.06. The molecule has 1 aromatic carbocycles. The van der Waals surface area contributed by atoms with Crippen LogP contribution in [0.1, 0.15) is 23.1 Å². The number of amides is 2. The fourth-order valence-electron chi connectivity index (χ4n) is 2.68. The van der Waals surface area contributed by atoms with E-state index in [1.807, 2.05) is 13.0 Å². The van der Waals surface area contributed by atoms with Crippen molar-refractivity contribution in [3.05, 3.63) is 64.1 Å². The van der Waals surface area contributed by atoms with Crippen LogP contribution in [-0.4, -0.2) is 36.3 Å². The predicted molar refractivity (Wildman–Crippen MR) is 105 cm³/mol. The average molecular weight is 397 g/mol. The molecule has 0 bridgehead atoms. The lowest BCUT2D eigenvalue weighted by atomic mass is 10.3. The van der Waals surface area contributed by atoms with E-state index in [4.69, 9.17) is 0 Å². The first kappa shape index (κ1) is 19.7. The number of nitro groups is 1. The summed E-state index contributed by atoms with van der Waals surface area (Å²) in [5.41, 5.74) is 1.25. The highest BCUT2D eigenvalue weighted by molar-refractivity contribution is 6.08. The first-order chi connectivity index (χ1) is 13.9. The minimum atomic E-state index is -0.610. The quantitative estimate of drug-likeness (QED) is 0.463. The van der Waals surface area contributed by atoms with Crippen LogP contribution in [0.2, 0.25) is 0 Å². The highest BCUT2D eigenvalue weighted by atomic mass is 16.6. The second kappa shape index (κ2) is 8.33. The Hall–Kier alpha value is -4.02. The average Bonchev–Trinajstić information content (AvgIpc) is 3.25. The summed E-state index contributed by atoms with van der Waals surface area (Å²) in [6.07, 6.45) is 1.53. The number of aromatic nitrogens is 4. The van der Waals surface area contributed by atoms with Crippen LogP contribution in [0.5, 0.6) is 0 Å². The minimum Gasteiger partial charge on any atom is -0.358 e. The molecule has 0 aliphatic rings. The SMILES string of the molecule is CCn1cc(NC(=O)Cn2nc(C)cc2[N+](=O)[O-])c(C(=O)Nc2ccccc2)n1. The molecule has 29 heavy (non-hydrogen) atoms. The molecular weight excluding hydrogens is 378 g/mol. The zero-order valence-electron chi connectivity index (χ0n) is 15.8. The predicted octanol–water partition coefficient (Wildman–Crippen LogP) is 2.21. The fourth-order valence-corrected chi connectivity index (χ4v) is 2.68. The Morgan fingerprint density at radius 2 is 1.90 bits per heavy atom. The van der Waals surface area contributed by atoms with E-state index in [9.17, 15) is 19.7 Å². The molecule has 3 rings (SSSR count). The van der Waals surface area contributed by atoms with Gasteiger partial charge in [-0.25, -0.2) is 0 Å². The maximum absolute atomic E-state index is 12.6. The third-order valence-electron chi connectivity index (χ3n) is 3.97. The van der Waals surface area contributed by atoms with Gasteiger partial charge in [0.1, 0.15) is 0 Å². The van der Waals surface area contributed by atoms with Gasteiger partial charge in [-0.2, -0.15) is 5.10 Å². The number of carbonyl (C=O) groups excluding carboxylic acids is 2. The van der Waals surface area contributed by atoms with Crippen molar-refractivity contribution in [2.45, 2.75) is 26.9 Å². The molecule has 2 aromatic heterocycles. The molecule has 0 saturated heterocycles. The van der Waals surface area contributed by atoms with Gasteiger partial charge in [-0.1, -0.05) is 23.3 Å². The van der Waals surface area contributed by atoms with Crippen molar-refractivity contribution in [1.29, 1.82) is 0 Å². The molecule has 0 unspecified atom stereocenters. The minimum absolute atomic E-state index is 0.0372. The molecule has 0 atom stereocenters. The van der Waals surface area contributed by atoms with Crippen LogP contribution in [0.25, 0.3) is 0 Å². The van der Waals surface area contributed by atoms with Gasteiger partial charge in [0.15, 0.2) is 12.2 Å². The van der Waals surface area contributed by atoms with E-state index in [1.165, 1.54) is 16.9 Å². The third kappa shape index (κ3) is 4.64. The van der Waals surface area contributed by atoms with E-state index < -0.39 is 16.7 Å². The number of hydrogen-bond acceptors (Lipinski definition) is 6. The van der Waals surface area contributed by atoms with Crippen LogP contribution < -0.4 is 10.6 Å². The fraction of sp³-hybridized carbons (Fsp3) is 0.222. The zero-order chi connectivity index (χ0) is 21.0. The molecule has 0 radical (unpaired) electrons. The van der Waals surface area contributed by atoms with Crippen molar-refractivity contribution in [2.24, 2.45) is 0 Å². The summed E-state index contributed by atoms with van der Waals surface area (Å²) < 4.78 is 2.51. The molecular formula is C18H19N7O4. The van der Waals surface area contributed by atoms with Crippen LogP contribution in [0.3, 0.4) is 0 Å². The summed E-state index contributed by atoms with van der Waals surface area (Å²) in [6.45, 7) is 3.55. The Labute approximate surface area is 165 Å². The van der Waals surface area contributed by atoms with Gasteiger partial charge in [-0.15, -0.1) is 4.68 Å². The van der Waals surface area contributed by atoms with E-state index in [0.29, 0.717) is 17.9 Å². The molecule has 0 aliphatic carbocycles. The van der Waals surface area contributed by atoms with Crippen LogP contribution in [0.4, 0.5) is 17.2 Å². The molecule has 2 N–H and O–H groups in total. The van der Waals surface area contributed by atoms with Gasteiger partial charge in [-0.3, -0.25) is 14.3 Å². The van der Waals surface area contributed by atoms with Gasteiger partial charge in [0, 0.05) is 18.4 Å². The van der Waals surface area contributed by atoms with Crippen LogP contribution in [0.15, 0.2) is 42.6 Å². The van der Waals surface area contributed by atoms with E-state index in [-0.39, 0.29) is 23.7 Å². The standard InChI is InChI=1S/C18H19N7O4/c1-3-23-10-14(17(22-23)18(27)19-13-7-5-4-6-8-13)20-15(26)11-24-16(25(28)29)9-12(2)21-24/h4-10H,3,11H2,1-2H3,(H,19,27)(H,20,26).